The predicted octanol–water partition coefficient (Wildman–Crippen LogP) is 4.76. The molecule has 0 aliphatic carbocycles. The monoisotopic (exact) mass is 455 g/mol. The molecule has 164 valence electrons. The highest BCUT2D eigenvalue weighted by Gasteiger charge is 2.40. The Kier molecular flexibility index (Phi) is 6.77. The van der Waals surface area contributed by atoms with E-state index in [2.05, 4.69) is 5.32 Å². The Balaban J connectivity index is 1.68. The van der Waals surface area contributed by atoms with Crippen LogP contribution in [0, 0.1) is 11.3 Å². The van der Waals surface area contributed by atoms with Crippen LogP contribution in [0.3, 0.4) is 0 Å². The van der Waals surface area contributed by atoms with Crippen LogP contribution in [-0.4, -0.2) is 24.2 Å². The molecule has 0 aromatic heterocycles. The summed E-state index contributed by atoms with van der Waals surface area (Å²) in [7, 11) is 1.56. The molecule has 1 aliphatic heterocycles. The van der Waals surface area contributed by atoms with E-state index in [9.17, 15) is 14.9 Å². The molecule has 4 rings (SSSR count). The van der Waals surface area contributed by atoms with Crippen LogP contribution < -0.4 is 15.0 Å². The molecule has 0 bridgehead atoms. The first-order valence-electron chi connectivity index (χ1n) is 10.3. The second-order valence-electron chi connectivity index (χ2n) is 7.28. The van der Waals surface area contributed by atoms with E-state index in [0.29, 0.717) is 28.6 Å². The van der Waals surface area contributed by atoms with Gasteiger partial charge in [0.15, 0.2) is 0 Å². The van der Waals surface area contributed by atoms with Gasteiger partial charge < -0.3 is 10.1 Å². The maximum atomic E-state index is 13.4. The maximum Gasteiger partial charge on any atom is 0.269 e. The number of rotatable bonds is 6. The van der Waals surface area contributed by atoms with Crippen molar-refractivity contribution in [1.82, 2.24) is 0 Å². The molecular weight excluding hydrogens is 434 g/mol. The van der Waals surface area contributed by atoms with E-state index in [1.807, 2.05) is 54.6 Å². The van der Waals surface area contributed by atoms with Gasteiger partial charge in [-0.3, -0.25) is 14.5 Å². The highest BCUT2D eigenvalue weighted by Crippen LogP contribution is 2.42. The summed E-state index contributed by atoms with van der Waals surface area (Å²) in [6, 6.07) is 27.6. The number of thioether (sulfide) groups is 1. The van der Waals surface area contributed by atoms with Crippen molar-refractivity contribution >= 4 is 35.0 Å². The summed E-state index contributed by atoms with van der Waals surface area (Å²) < 4.78 is 5.14. The van der Waals surface area contributed by atoms with Crippen molar-refractivity contribution in [3.8, 4) is 11.8 Å². The van der Waals surface area contributed by atoms with Crippen molar-refractivity contribution < 1.29 is 14.3 Å². The highest BCUT2D eigenvalue weighted by molar-refractivity contribution is 8.05. The van der Waals surface area contributed by atoms with Crippen LogP contribution in [0.4, 0.5) is 11.4 Å². The van der Waals surface area contributed by atoms with Crippen LogP contribution in [0.5, 0.6) is 5.75 Å². The van der Waals surface area contributed by atoms with Crippen molar-refractivity contribution in [1.29, 1.82) is 5.26 Å². The van der Waals surface area contributed by atoms with Crippen molar-refractivity contribution in [3.63, 3.8) is 0 Å². The minimum absolute atomic E-state index is 0.108. The third-order valence-corrected chi connectivity index (χ3v) is 6.39. The fraction of sp³-hybridized carbons (Fsp3) is 0.115. The Bertz CT molecular complexity index is 1220. The standard InChI is InChI=1S/C26H21N3O3S/c1-32-21-14-12-19(13-15-21)28-24(30)22(17-27)26-29(20-10-6-3-7-11-20)25(31)23(33-26)16-18-8-4-2-5-9-18/h2-15,23H,16H2,1H3,(H,28,30). The largest absolute Gasteiger partial charge is 0.497 e. The SMILES string of the molecule is COc1ccc(NC(=O)C(C#N)=C2SC(Cc3ccccc3)C(=O)N2c2ccccc2)cc1. The molecule has 1 N–H and O–H groups in total. The minimum Gasteiger partial charge on any atom is -0.497 e. The van der Waals surface area contributed by atoms with Gasteiger partial charge >= 0.3 is 0 Å². The van der Waals surface area contributed by atoms with E-state index in [1.165, 1.54) is 16.7 Å². The zero-order valence-electron chi connectivity index (χ0n) is 17.9. The summed E-state index contributed by atoms with van der Waals surface area (Å²) >= 11 is 1.25. The number of para-hydroxylation sites is 1. The topological polar surface area (TPSA) is 82.4 Å². The van der Waals surface area contributed by atoms with E-state index in [4.69, 9.17) is 4.74 Å². The van der Waals surface area contributed by atoms with E-state index < -0.39 is 11.2 Å². The number of nitrogens with one attached hydrogen (secondary N) is 1. The molecule has 3 aromatic rings. The Labute approximate surface area is 196 Å². The zero-order chi connectivity index (χ0) is 23.2. The first-order valence-corrected chi connectivity index (χ1v) is 11.2. The minimum atomic E-state index is -0.570. The molecule has 1 heterocycles. The van der Waals surface area contributed by atoms with Crippen LogP contribution in [0.1, 0.15) is 5.56 Å². The van der Waals surface area contributed by atoms with Gasteiger partial charge in [-0.25, -0.2) is 0 Å². The quantitative estimate of drug-likeness (QED) is 0.428. The average Bonchev–Trinajstić information content (AvgIpc) is 3.16. The third-order valence-electron chi connectivity index (χ3n) is 5.13. The lowest BCUT2D eigenvalue weighted by Crippen LogP contribution is -2.30. The molecule has 1 atom stereocenters. The van der Waals surface area contributed by atoms with Crippen LogP contribution >= 0.6 is 11.8 Å². The van der Waals surface area contributed by atoms with E-state index in [1.54, 1.807) is 43.5 Å². The van der Waals surface area contributed by atoms with Gasteiger partial charge in [-0.2, -0.15) is 5.26 Å². The van der Waals surface area contributed by atoms with Gasteiger partial charge in [0.05, 0.1) is 12.4 Å². The highest BCUT2D eigenvalue weighted by atomic mass is 32.2. The average molecular weight is 456 g/mol. The summed E-state index contributed by atoms with van der Waals surface area (Å²) in [5.41, 5.74) is 2.04. The van der Waals surface area contributed by atoms with Gasteiger partial charge in [0.1, 0.15) is 22.4 Å². The van der Waals surface area contributed by atoms with Gasteiger partial charge in [-0.05, 0) is 48.4 Å². The summed E-state index contributed by atoms with van der Waals surface area (Å²) in [5, 5.41) is 12.5. The van der Waals surface area contributed by atoms with Crippen LogP contribution in [-0.2, 0) is 16.0 Å². The second-order valence-corrected chi connectivity index (χ2v) is 8.47. The molecule has 0 spiro atoms. The molecule has 3 aromatic carbocycles. The molecule has 6 nitrogen and oxygen atoms in total. The van der Waals surface area contributed by atoms with Crippen LogP contribution in [0.15, 0.2) is 95.5 Å². The van der Waals surface area contributed by atoms with E-state index in [-0.39, 0.29) is 11.5 Å². The first kappa shape index (κ1) is 22.2. The Morgan fingerprint density at radius 2 is 1.67 bits per heavy atom. The number of ether oxygens (including phenoxy) is 1. The number of carbonyl (C=O) groups excluding carboxylic acids is 2. The molecule has 1 aliphatic rings. The molecule has 0 saturated carbocycles. The summed E-state index contributed by atoms with van der Waals surface area (Å²) in [4.78, 5) is 27.9. The Hall–Kier alpha value is -4.02. The normalized spacial score (nSPS) is 16.8. The summed E-state index contributed by atoms with van der Waals surface area (Å²) in [5.74, 6) is -0.0721. The van der Waals surface area contributed by atoms with E-state index in [0.717, 1.165) is 5.56 Å². The zero-order valence-corrected chi connectivity index (χ0v) is 18.7. The maximum absolute atomic E-state index is 13.4. The van der Waals surface area contributed by atoms with Gasteiger partial charge in [-0.15, -0.1) is 0 Å². The first-order chi connectivity index (χ1) is 16.1. The fourth-order valence-electron chi connectivity index (χ4n) is 3.50. The third kappa shape index (κ3) is 4.92. The lowest BCUT2D eigenvalue weighted by Gasteiger charge is -2.18. The number of hydrogen-bond donors (Lipinski definition) is 1. The number of nitrogens with zero attached hydrogens (tertiary/aromatic N) is 2. The Morgan fingerprint density at radius 3 is 2.27 bits per heavy atom. The Morgan fingerprint density at radius 1 is 1.03 bits per heavy atom. The number of hydrogen-bond acceptors (Lipinski definition) is 5. The fourth-order valence-corrected chi connectivity index (χ4v) is 4.80. The van der Waals surface area contributed by atoms with Crippen LogP contribution in [0.2, 0.25) is 0 Å². The van der Waals surface area contributed by atoms with Crippen molar-refractivity contribution in [2.45, 2.75) is 11.7 Å². The molecular formula is C26H21N3O3S. The number of methoxy groups -OCH3 is 1. The molecule has 33 heavy (non-hydrogen) atoms. The molecule has 0 radical (unpaired) electrons. The van der Waals surface area contributed by atoms with Gasteiger partial charge in [0.25, 0.3) is 5.91 Å². The molecule has 1 fully saturated rings. The van der Waals surface area contributed by atoms with Gasteiger partial charge in [-0.1, -0.05) is 60.3 Å². The second kappa shape index (κ2) is 10.1. The van der Waals surface area contributed by atoms with E-state index >= 15 is 0 Å². The van der Waals surface area contributed by atoms with Crippen LogP contribution in [0.25, 0.3) is 0 Å². The molecule has 7 heteroatoms. The van der Waals surface area contributed by atoms with Crippen molar-refractivity contribution in [3.05, 3.63) is 101 Å². The predicted molar refractivity (Wildman–Crippen MR) is 130 cm³/mol. The number of amides is 2. The molecule has 1 unspecified atom stereocenters. The molecule has 2 amide bonds. The number of nitriles is 1. The number of carbonyl (C=O) groups is 2. The van der Waals surface area contributed by atoms with Gasteiger partial charge in [0, 0.05) is 11.4 Å². The van der Waals surface area contributed by atoms with Gasteiger partial charge in [0.2, 0.25) is 5.91 Å². The number of benzene rings is 3. The summed E-state index contributed by atoms with van der Waals surface area (Å²) in [6.45, 7) is 0. The summed E-state index contributed by atoms with van der Waals surface area (Å²) in [6.07, 6.45) is 0.496. The lowest BCUT2D eigenvalue weighted by molar-refractivity contribution is -0.117. The van der Waals surface area contributed by atoms with Crippen molar-refractivity contribution in [2.24, 2.45) is 0 Å². The van der Waals surface area contributed by atoms with Crippen molar-refractivity contribution in [2.75, 3.05) is 17.3 Å². The lowest BCUT2D eigenvalue weighted by atomic mass is 10.1. The smallest absolute Gasteiger partial charge is 0.269 e. The molecule has 1 saturated heterocycles. The number of anilines is 2.